The third kappa shape index (κ3) is 6.01. The zero-order valence-corrected chi connectivity index (χ0v) is 15.2. The molecule has 0 saturated carbocycles. The van der Waals surface area contributed by atoms with Gasteiger partial charge in [0.2, 0.25) is 0 Å². The number of nitrogens with zero attached hydrogens (tertiary/aromatic N) is 2. The fourth-order valence-corrected chi connectivity index (χ4v) is 2.84. The Balaban J connectivity index is 2.08. The second-order valence-electron chi connectivity index (χ2n) is 5.33. The molecule has 2 rings (SSSR count). The van der Waals surface area contributed by atoms with Crippen LogP contribution in [0.15, 0.2) is 41.5 Å². The SMILES string of the molecule is CCNC(=NCc1ccc(F)cc1CSC)NCc1ncccc1F. The number of guanidine groups is 1. The fraction of sp³-hybridized carbons (Fsp3) is 0.333. The number of benzene rings is 1. The van der Waals surface area contributed by atoms with Crippen LogP contribution in [-0.2, 0) is 18.8 Å². The highest BCUT2D eigenvalue weighted by atomic mass is 32.2. The molecule has 0 atom stereocenters. The van der Waals surface area contributed by atoms with Gasteiger partial charge in [-0.25, -0.2) is 13.8 Å². The van der Waals surface area contributed by atoms with E-state index >= 15 is 0 Å². The number of pyridine rings is 1. The molecule has 0 aliphatic rings. The predicted octanol–water partition coefficient (Wildman–Crippen LogP) is 3.48. The third-order valence-electron chi connectivity index (χ3n) is 3.48. The average molecular weight is 364 g/mol. The van der Waals surface area contributed by atoms with Crippen LogP contribution in [0.4, 0.5) is 8.78 Å². The van der Waals surface area contributed by atoms with E-state index in [-0.39, 0.29) is 18.2 Å². The molecule has 25 heavy (non-hydrogen) atoms. The molecule has 0 saturated heterocycles. The highest BCUT2D eigenvalue weighted by Gasteiger charge is 2.06. The molecule has 1 heterocycles. The second kappa shape index (κ2) is 9.98. The van der Waals surface area contributed by atoms with E-state index in [9.17, 15) is 8.78 Å². The molecule has 0 amide bonds. The zero-order chi connectivity index (χ0) is 18.1. The maximum absolute atomic E-state index is 13.7. The van der Waals surface area contributed by atoms with Crippen molar-refractivity contribution in [1.82, 2.24) is 15.6 Å². The summed E-state index contributed by atoms with van der Waals surface area (Å²) in [6, 6.07) is 7.68. The van der Waals surface area contributed by atoms with Gasteiger partial charge in [-0.2, -0.15) is 11.8 Å². The van der Waals surface area contributed by atoms with E-state index in [4.69, 9.17) is 0 Å². The van der Waals surface area contributed by atoms with Crippen molar-refractivity contribution in [3.63, 3.8) is 0 Å². The molecule has 0 unspecified atom stereocenters. The van der Waals surface area contributed by atoms with Crippen LogP contribution in [0.3, 0.4) is 0 Å². The van der Waals surface area contributed by atoms with Gasteiger partial charge in [-0.05, 0) is 48.6 Å². The number of aromatic nitrogens is 1. The lowest BCUT2D eigenvalue weighted by Gasteiger charge is -2.12. The molecular formula is C18H22F2N4S. The van der Waals surface area contributed by atoms with Gasteiger partial charge < -0.3 is 10.6 Å². The first-order valence-corrected chi connectivity index (χ1v) is 9.41. The standard InChI is InChI=1S/C18H22F2N4S/c1-3-21-18(24-11-17-16(20)5-4-8-22-17)23-10-13-6-7-15(19)9-14(13)12-25-2/h4-9H,3,10-12H2,1-2H3,(H2,21,23,24). The minimum Gasteiger partial charge on any atom is -0.357 e. The summed E-state index contributed by atoms with van der Waals surface area (Å²) in [5.41, 5.74) is 2.23. The van der Waals surface area contributed by atoms with Gasteiger partial charge in [0.15, 0.2) is 5.96 Å². The molecule has 134 valence electrons. The molecular weight excluding hydrogens is 342 g/mol. The fourth-order valence-electron chi connectivity index (χ4n) is 2.26. The Morgan fingerprint density at radius 1 is 1.20 bits per heavy atom. The summed E-state index contributed by atoms with van der Waals surface area (Å²) < 4.78 is 27.1. The van der Waals surface area contributed by atoms with Crippen LogP contribution in [0, 0.1) is 11.6 Å². The minimum absolute atomic E-state index is 0.236. The van der Waals surface area contributed by atoms with Crippen molar-refractivity contribution in [3.8, 4) is 0 Å². The summed E-state index contributed by atoms with van der Waals surface area (Å²) in [7, 11) is 0. The van der Waals surface area contributed by atoms with Gasteiger partial charge in [-0.3, -0.25) is 4.98 Å². The molecule has 0 bridgehead atoms. The Morgan fingerprint density at radius 3 is 2.76 bits per heavy atom. The largest absolute Gasteiger partial charge is 0.357 e. The Labute approximate surface area is 151 Å². The Kier molecular flexibility index (Phi) is 7.66. The van der Waals surface area contributed by atoms with Crippen molar-refractivity contribution in [2.75, 3.05) is 12.8 Å². The van der Waals surface area contributed by atoms with Crippen molar-refractivity contribution in [2.24, 2.45) is 4.99 Å². The average Bonchev–Trinajstić information content (AvgIpc) is 2.60. The van der Waals surface area contributed by atoms with Crippen molar-refractivity contribution in [3.05, 3.63) is 65.0 Å². The normalized spacial score (nSPS) is 11.4. The van der Waals surface area contributed by atoms with Crippen molar-refractivity contribution >= 4 is 17.7 Å². The summed E-state index contributed by atoms with van der Waals surface area (Å²) in [5.74, 6) is 0.692. The van der Waals surface area contributed by atoms with Crippen LogP contribution in [0.25, 0.3) is 0 Å². The number of nitrogens with one attached hydrogen (secondary N) is 2. The van der Waals surface area contributed by atoms with Crippen LogP contribution in [0.1, 0.15) is 23.7 Å². The van der Waals surface area contributed by atoms with Crippen molar-refractivity contribution in [1.29, 1.82) is 0 Å². The number of hydrogen-bond acceptors (Lipinski definition) is 3. The molecule has 4 nitrogen and oxygen atoms in total. The molecule has 0 aliphatic heterocycles. The van der Waals surface area contributed by atoms with Crippen molar-refractivity contribution in [2.45, 2.75) is 25.8 Å². The van der Waals surface area contributed by atoms with Gasteiger partial charge in [-0.1, -0.05) is 6.07 Å². The lowest BCUT2D eigenvalue weighted by molar-refractivity contribution is 0.592. The Morgan fingerprint density at radius 2 is 2.04 bits per heavy atom. The summed E-state index contributed by atoms with van der Waals surface area (Å²) in [5, 5.41) is 6.18. The maximum atomic E-state index is 13.7. The molecule has 2 N–H and O–H groups in total. The van der Waals surface area contributed by atoms with Crippen LogP contribution in [0.2, 0.25) is 0 Å². The topological polar surface area (TPSA) is 49.3 Å². The van der Waals surface area contributed by atoms with Crippen LogP contribution >= 0.6 is 11.8 Å². The van der Waals surface area contributed by atoms with Crippen molar-refractivity contribution < 1.29 is 8.78 Å². The Hall–Kier alpha value is -2.15. The highest BCUT2D eigenvalue weighted by Crippen LogP contribution is 2.17. The number of rotatable bonds is 7. The van der Waals surface area contributed by atoms with Gasteiger partial charge in [0.05, 0.1) is 18.8 Å². The smallest absolute Gasteiger partial charge is 0.191 e. The van der Waals surface area contributed by atoms with Crippen LogP contribution in [-0.4, -0.2) is 23.7 Å². The lowest BCUT2D eigenvalue weighted by atomic mass is 10.1. The summed E-state index contributed by atoms with van der Waals surface area (Å²) >= 11 is 1.63. The first kappa shape index (κ1) is 19.2. The first-order valence-electron chi connectivity index (χ1n) is 8.01. The number of hydrogen-bond donors (Lipinski definition) is 2. The highest BCUT2D eigenvalue weighted by molar-refractivity contribution is 7.97. The van der Waals surface area contributed by atoms with E-state index in [1.807, 2.05) is 13.2 Å². The number of thioether (sulfide) groups is 1. The molecule has 0 radical (unpaired) electrons. The molecule has 0 spiro atoms. The summed E-state index contributed by atoms with van der Waals surface area (Å²) in [4.78, 5) is 8.53. The van der Waals surface area contributed by atoms with E-state index in [1.165, 1.54) is 12.1 Å². The molecule has 0 fully saturated rings. The summed E-state index contributed by atoms with van der Waals surface area (Å²) in [6.45, 7) is 3.28. The molecule has 1 aromatic heterocycles. The van der Waals surface area contributed by atoms with Gasteiger partial charge in [0, 0.05) is 18.5 Å². The predicted molar refractivity (Wildman–Crippen MR) is 99.5 cm³/mol. The molecule has 7 heteroatoms. The van der Waals surface area contributed by atoms with Gasteiger partial charge in [0.25, 0.3) is 0 Å². The first-order chi connectivity index (χ1) is 12.1. The number of halogens is 2. The summed E-state index contributed by atoms with van der Waals surface area (Å²) in [6.07, 6.45) is 3.53. The van der Waals surface area contributed by atoms with E-state index < -0.39 is 0 Å². The van der Waals surface area contributed by atoms with Gasteiger partial charge in [-0.15, -0.1) is 0 Å². The number of aliphatic imine (C=N–C) groups is 1. The zero-order valence-electron chi connectivity index (χ0n) is 14.4. The molecule has 0 aliphatic carbocycles. The molecule has 2 aromatic rings. The Bertz CT molecular complexity index is 722. The van der Waals surface area contributed by atoms with E-state index in [0.29, 0.717) is 24.7 Å². The van der Waals surface area contributed by atoms with Gasteiger partial charge >= 0.3 is 0 Å². The van der Waals surface area contributed by atoms with Crippen LogP contribution < -0.4 is 10.6 Å². The van der Waals surface area contributed by atoms with Crippen LogP contribution in [0.5, 0.6) is 0 Å². The van der Waals surface area contributed by atoms with E-state index in [0.717, 1.165) is 16.9 Å². The third-order valence-corrected chi connectivity index (χ3v) is 4.08. The minimum atomic E-state index is -0.355. The van der Waals surface area contributed by atoms with Gasteiger partial charge in [0.1, 0.15) is 11.6 Å². The van der Waals surface area contributed by atoms with E-state index in [1.54, 1.807) is 36.2 Å². The lowest BCUT2D eigenvalue weighted by Crippen LogP contribution is -2.37. The van der Waals surface area contributed by atoms with E-state index in [2.05, 4.69) is 20.6 Å². The maximum Gasteiger partial charge on any atom is 0.191 e. The second-order valence-corrected chi connectivity index (χ2v) is 6.19. The monoisotopic (exact) mass is 364 g/mol. The quantitative estimate of drug-likeness (QED) is 0.583. The molecule has 1 aromatic carbocycles.